The summed E-state index contributed by atoms with van der Waals surface area (Å²) in [5.41, 5.74) is 15.3. The topological polar surface area (TPSA) is 237 Å². The van der Waals surface area contributed by atoms with Gasteiger partial charge in [0, 0.05) is 11.5 Å². The third kappa shape index (κ3) is 10.9. The maximum Gasteiger partial charge on any atom is 0.329 e. The Balaban J connectivity index is 1.41. The van der Waals surface area contributed by atoms with Crippen LogP contribution in [0.15, 0.2) is 71.8 Å². The van der Waals surface area contributed by atoms with Crippen LogP contribution in [0.5, 0.6) is 0 Å². The molecule has 15 heteroatoms. The Morgan fingerprint density at radius 2 is 1.61 bits per heavy atom. The molecule has 14 nitrogen and oxygen atoms in total. The maximum atomic E-state index is 13.9. The number of hydrogen-bond donors (Lipinski definition) is 6. The van der Waals surface area contributed by atoms with Crippen molar-refractivity contribution in [1.82, 2.24) is 16.0 Å². The standard InChI is InChI=1S/C34H42N7O7P/c35-30(42)21-28(31(43)37-19-7-11-26-10-6-9-25-8-2-3-12-27(25)26)38-33(45)34(17-4-1-5-18-34)39-32(44)29(40-41-36)20-23-13-15-24(16-14-23)22-49(46,47)48/h2-3,6,8-10,12-16,28-29H,1,4-5,7,11,17-22H2,(H2,35,42)(H,37,43)(H,38,45)(H,39,44)(H2,46,47,48)/t28-,29?/m0/s1. The first-order valence-electron chi connectivity index (χ1n) is 16.2. The lowest BCUT2D eigenvalue weighted by Crippen LogP contribution is -2.64. The zero-order valence-electron chi connectivity index (χ0n) is 27.1. The molecule has 1 saturated carbocycles. The van der Waals surface area contributed by atoms with Crippen molar-refractivity contribution in [2.75, 3.05) is 6.54 Å². The summed E-state index contributed by atoms with van der Waals surface area (Å²) in [6.07, 6.45) is 2.99. The molecule has 1 unspecified atom stereocenters. The Labute approximate surface area is 284 Å². The summed E-state index contributed by atoms with van der Waals surface area (Å²) in [5, 5.41) is 14.2. The lowest BCUT2D eigenvalue weighted by molar-refractivity contribution is -0.138. The number of primary amides is 1. The fraction of sp³-hybridized carbons (Fsp3) is 0.412. The molecule has 3 aromatic carbocycles. The van der Waals surface area contributed by atoms with Crippen molar-refractivity contribution in [2.24, 2.45) is 10.8 Å². The predicted octanol–water partition coefficient (Wildman–Crippen LogP) is 3.67. The van der Waals surface area contributed by atoms with Gasteiger partial charge in [-0.25, -0.2) is 0 Å². The van der Waals surface area contributed by atoms with Crippen molar-refractivity contribution in [1.29, 1.82) is 0 Å². The third-order valence-corrected chi connectivity index (χ3v) is 9.44. The van der Waals surface area contributed by atoms with E-state index in [9.17, 15) is 39.1 Å². The highest BCUT2D eigenvalue weighted by atomic mass is 31.2. The number of carbonyl (C=O) groups is 4. The molecule has 0 spiro atoms. The number of amides is 4. The molecule has 7 N–H and O–H groups in total. The lowest BCUT2D eigenvalue weighted by atomic mass is 9.80. The number of benzene rings is 3. The van der Waals surface area contributed by atoms with Gasteiger partial charge in [-0.2, -0.15) is 0 Å². The number of azide groups is 1. The summed E-state index contributed by atoms with van der Waals surface area (Å²) >= 11 is 0. The Hall–Kier alpha value is -4.74. The van der Waals surface area contributed by atoms with Crippen LogP contribution in [0.4, 0.5) is 0 Å². The van der Waals surface area contributed by atoms with E-state index in [1.54, 1.807) is 12.1 Å². The molecule has 1 aliphatic rings. The number of carbonyl (C=O) groups excluding carboxylic acids is 4. The van der Waals surface area contributed by atoms with Gasteiger partial charge >= 0.3 is 7.60 Å². The van der Waals surface area contributed by atoms with Crippen LogP contribution in [-0.2, 0) is 42.7 Å². The summed E-state index contributed by atoms with van der Waals surface area (Å²) in [7, 11) is -4.27. The average molecular weight is 692 g/mol. The molecule has 0 radical (unpaired) electrons. The first-order valence-corrected chi connectivity index (χ1v) is 18.0. The van der Waals surface area contributed by atoms with Crippen LogP contribution in [-0.4, -0.2) is 57.6 Å². The Bertz CT molecular complexity index is 1740. The molecule has 1 aliphatic carbocycles. The van der Waals surface area contributed by atoms with E-state index >= 15 is 0 Å². The molecule has 0 heterocycles. The molecule has 0 bridgehead atoms. The van der Waals surface area contributed by atoms with Crippen LogP contribution in [0.25, 0.3) is 21.2 Å². The van der Waals surface area contributed by atoms with Crippen molar-refractivity contribution >= 4 is 42.0 Å². The quantitative estimate of drug-likeness (QED) is 0.0428. The third-order valence-electron chi connectivity index (χ3n) is 8.67. The van der Waals surface area contributed by atoms with E-state index in [2.05, 4.69) is 26.0 Å². The van der Waals surface area contributed by atoms with Crippen molar-refractivity contribution in [3.8, 4) is 0 Å². The minimum atomic E-state index is -4.27. The van der Waals surface area contributed by atoms with E-state index < -0.39 is 61.4 Å². The number of nitrogens with zero attached hydrogens (tertiary/aromatic N) is 3. The van der Waals surface area contributed by atoms with Crippen molar-refractivity contribution in [2.45, 2.75) is 81.6 Å². The second kappa shape index (κ2) is 17.1. The zero-order chi connectivity index (χ0) is 35.4. The second-order valence-corrected chi connectivity index (χ2v) is 14.1. The smallest absolute Gasteiger partial charge is 0.329 e. The van der Waals surface area contributed by atoms with E-state index in [0.717, 1.165) is 22.8 Å². The molecule has 0 aliphatic heterocycles. The van der Waals surface area contributed by atoms with Crippen LogP contribution >= 0.6 is 7.60 Å². The molecule has 49 heavy (non-hydrogen) atoms. The number of aryl methyl sites for hydroxylation is 1. The molecule has 4 rings (SSSR count). The largest absolute Gasteiger partial charge is 0.370 e. The molecule has 3 aromatic rings. The SMILES string of the molecule is [N-]=[N+]=NC(Cc1ccc(CP(=O)(O)O)cc1)C(=O)NC1(C(=O)N[C@@H](CC(N)=O)C(=O)NCCCc2cccc3ccccc23)CCCCC1. The lowest BCUT2D eigenvalue weighted by Gasteiger charge is -2.38. The molecule has 0 aromatic heterocycles. The Morgan fingerprint density at radius 3 is 2.29 bits per heavy atom. The van der Waals surface area contributed by atoms with E-state index in [4.69, 9.17) is 5.73 Å². The summed E-state index contributed by atoms with van der Waals surface area (Å²) in [5.74, 6) is -2.69. The second-order valence-electron chi connectivity index (χ2n) is 12.4. The summed E-state index contributed by atoms with van der Waals surface area (Å²) < 4.78 is 11.3. The zero-order valence-corrected chi connectivity index (χ0v) is 28.0. The molecular formula is C34H42N7O7P. The van der Waals surface area contributed by atoms with Gasteiger partial charge in [0.2, 0.25) is 23.6 Å². The average Bonchev–Trinajstić information content (AvgIpc) is 3.06. The van der Waals surface area contributed by atoms with E-state index in [0.29, 0.717) is 43.4 Å². The maximum absolute atomic E-state index is 13.9. The van der Waals surface area contributed by atoms with Crippen LogP contribution in [0.1, 0.15) is 61.6 Å². The number of nitrogens with one attached hydrogen (secondary N) is 3. The van der Waals surface area contributed by atoms with Crippen molar-refractivity contribution in [3.05, 3.63) is 93.9 Å². The molecule has 2 atom stereocenters. The highest BCUT2D eigenvalue weighted by molar-refractivity contribution is 7.50. The Kier molecular flexibility index (Phi) is 12.9. The number of hydrogen-bond acceptors (Lipinski definition) is 6. The monoisotopic (exact) mass is 691 g/mol. The molecular weight excluding hydrogens is 649 g/mol. The normalized spacial score (nSPS) is 15.3. The van der Waals surface area contributed by atoms with Gasteiger partial charge in [0.1, 0.15) is 17.6 Å². The summed E-state index contributed by atoms with van der Waals surface area (Å²) in [4.78, 5) is 73.8. The minimum absolute atomic E-state index is 0.0325. The molecule has 260 valence electrons. The Morgan fingerprint density at radius 1 is 0.939 bits per heavy atom. The van der Waals surface area contributed by atoms with Crippen LogP contribution < -0.4 is 21.7 Å². The molecule has 4 amide bonds. The van der Waals surface area contributed by atoms with E-state index in [-0.39, 0.29) is 19.3 Å². The highest BCUT2D eigenvalue weighted by Gasteiger charge is 2.43. The van der Waals surface area contributed by atoms with Gasteiger partial charge in [-0.3, -0.25) is 23.7 Å². The fourth-order valence-electron chi connectivity index (χ4n) is 6.20. The van der Waals surface area contributed by atoms with Crippen LogP contribution in [0.3, 0.4) is 0 Å². The van der Waals surface area contributed by atoms with Crippen LogP contribution in [0.2, 0.25) is 0 Å². The molecule has 0 saturated heterocycles. The van der Waals surface area contributed by atoms with Gasteiger partial charge in [0.15, 0.2) is 0 Å². The summed E-state index contributed by atoms with van der Waals surface area (Å²) in [6, 6.07) is 17.8. The minimum Gasteiger partial charge on any atom is -0.370 e. The van der Waals surface area contributed by atoms with Crippen molar-refractivity contribution in [3.63, 3.8) is 0 Å². The number of rotatable bonds is 16. The molecule has 1 fully saturated rings. The number of fused-ring (bicyclic) bond motifs is 1. The van der Waals surface area contributed by atoms with E-state index in [1.165, 1.54) is 12.1 Å². The first-order chi connectivity index (χ1) is 23.4. The first kappa shape index (κ1) is 37.1. The fourth-order valence-corrected chi connectivity index (χ4v) is 6.89. The van der Waals surface area contributed by atoms with Gasteiger partial charge in [-0.1, -0.05) is 91.1 Å². The van der Waals surface area contributed by atoms with Crippen molar-refractivity contribution < 1.29 is 33.5 Å². The van der Waals surface area contributed by atoms with Gasteiger partial charge in [0.25, 0.3) is 0 Å². The van der Waals surface area contributed by atoms with Gasteiger partial charge < -0.3 is 31.5 Å². The van der Waals surface area contributed by atoms with Gasteiger partial charge in [-0.05, 0) is 65.1 Å². The predicted molar refractivity (Wildman–Crippen MR) is 184 cm³/mol. The van der Waals surface area contributed by atoms with E-state index in [1.807, 2.05) is 42.5 Å². The summed E-state index contributed by atoms with van der Waals surface area (Å²) in [6.45, 7) is 0.295. The van der Waals surface area contributed by atoms with Gasteiger partial charge in [-0.15, -0.1) is 0 Å². The highest BCUT2D eigenvalue weighted by Crippen LogP contribution is 2.39. The number of nitrogens with two attached hydrogens (primary N) is 1. The van der Waals surface area contributed by atoms with Crippen LogP contribution in [0, 0.1) is 0 Å². The van der Waals surface area contributed by atoms with Gasteiger partial charge in [0.05, 0.1) is 12.6 Å².